The van der Waals surface area contributed by atoms with E-state index in [1.54, 1.807) is 0 Å². The fraction of sp³-hybridized carbons (Fsp3) is 0.267. The van der Waals surface area contributed by atoms with E-state index >= 15 is 0 Å². The van der Waals surface area contributed by atoms with Gasteiger partial charge in [0.2, 0.25) is 0 Å². The van der Waals surface area contributed by atoms with E-state index in [1.165, 1.54) is 15.3 Å². The predicted molar refractivity (Wildman–Crippen MR) is 81.3 cm³/mol. The molecule has 0 saturated heterocycles. The Kier molecular flexibility index (Phi) is 4.08. The SMILES string of the molecule is Cc1cc(CNc2ccc(N)c(CC#N)c2)sc1C. The van der Waals surface area contributed by atoms with Crippen LogP contribution in [0.4, 0.5) is 11.4 Å². The fourth-order valence-electron chi connectivity index (χ4n) is 1.88. The van der Waals surface area contributed by atoms with Gasteiger partial charge in [-0.2, -0.15) is 5.26 Å². The standard InChI is InChI=1S/C15H17N3S/c1-10-7-14(19-11(10)2)9-18-13-3-4-15(17)12(8-13)5-6-16/h3-4,7-8,18H,5,9,17H2,1-2H3. The second kappa shape index (κ2) is 5.77. The molecule has 0 aliphatic carbocycles. The molecule has 3 nitrogen and oxygen atoms in total. The molecule has 0 atom stereocenters. The molecular formula is C15H17N3S. The first-order valence-electron chi connectivity index (χ1n) is 6.15. The van der Waals surface area contributed by atoms with Gasteiger partial charge in [0.05, 0.1) is 12.5 Å². The third-order valence-electron chi connectivity index (χ3n) is 3.10. The lowest BCUT2D eigenvalue weighted by Gasteiger charge is -2.08. The molecule has 0 aliphatic heterocycles. The van der Waals surface area contributed by atoms with Gasteiger partial charge in [-0.25, -0.2) is 0 Å². The summed E-state index contributed by atoms with van der Waals surface area (Å²) in [6.07, 6.45) is 0.346. The van der Waals surface area contributed by atoms with Crippen molar-refractivity contribution in [1.82, 2.24) is 0 Å². The zero-order valence-electron chi connectivity index (χ0n) is 11.2. The van der Waals surface area contributed by atoms with Crippen molar-refractivity contribution in [2.24, 2.45) is 0 Å². The molecular weight excluding hydrogens is 254 g/mol. The molecule has 0 bridgehead atoms. The lowest BCUT2D eigenvalue weighted by atomic mass is 10.1. The number of nitrogens with zero attached hydrogens (tertiary/aromatic N) is 1. The molecule has 0 radical (unpaired) electrons. The topological polar surface area (TPSA) is 61.8 Å². The first kappa shape index (κ1) is 13.4. The normalized spacial score (nSPS) is 10.2. The van der Waals surface area contributed by atoms with Gasteiger partial charge < -0.3 is 11.1 Å². The van der Waals surface area contributed by atoms with Crippen LogP contribution in [-0.2, 0) is 13.0 Å². The molecule has 4 heteroatoms. The number of hydrogen-bond donors (Lipinski definition) is 2. The molecule has 19 heavy (non-hydrogen) atoms. The first-order valence-corrected chi connectivity index (χ1v) is 6.97. The number of benzene rings is 1. The Labute approximate surface area is 117 Å². The molecule has 3 N–H and O–H groups in total. The molecule has 2 rings (SSSR count). The quantitative estimate of drug-likeness (QED) is 0.835. The summed E-state index contributed by atoms with van der Waals surface area (Å²) in [7, 11) is 0. The molecule has 1 aromatic carbocycles. The first-order chi connectivity index (χ1) is 9.10. The van der Waals surface area contributed by atoms with Crippen molar-refractivity contribution < 1.29 is 0 Å². The summed E-state index contributed by atoms with van der Waals surface area (Å²) in [6, 6.07) is 10.1. The average molecular weight is 271 g/mol. The van der Waals surface area contributed by atoms with Crippen molar-refractivity contribution >= 4 is 22.7 Å². The summed E-state index contributed by atoms with van der Waals surface area (Å²) < 4.78 is 0. The van der Waals surface area contributed by atoms with Gasteiger partial charge in [0, 0.05) is 27.7 Å². The minimum Gasteiger partial charge on any atom is -0.398 e. The van der Waals surface area contributed by atoms with Crippen LogP contribution in [0.1, 0.15) is 20.9 Å². The van der Waals surface area contributed by atoms with Crippen LogP contribution in [0, 0.1) is 25.2 Å². The highest BCUT2D eigenvalue weighted by Gasteiger charge is 2.03. The molecule has 0 aliphatic rings. The molecule has 1 heterocycles. The van der Waals surface area contributed by atoms with Gasteiger partial charge in [-0.05, 0) is 49.2 Å². The van der Waals surface area contributed by atoms with E-state index in [2.05, 4.69) is 31.3 Å². The monoisotopic (exact) mass is 271 g/mol. The average Bonchev–Trinajstić information content (AvgIpc) is 2.70. The van der Waals surface area contributed by atoms with Crippen LogP contribution in [0.3, 0.4) is 0 Å². The van der Waals surface area contributed by atoms with E-state index in [4.69, 9.17) is 11.0 Å². The molecule has 0 amide bonds. The Morgan fingerprint density at radius 2 is 2.11 bits per heavy atom. The number of aryl methyl sites for hydroxylation is 2. The molecule has 2 aromatic rings. The van der Waals surface area contributed by atoms with Crippen LogP contribution in [0.25, 0.3) is 0 Å². The highest BCUT2D eigenvalue weighted by Crippen LogP contribution is 2.23. The summed E-state index contributed by atoms with van der Waals surface area (Å²) >= 11 is 1.81. The smallest absolute Gasteiger partial charge is 0.0670 e. The zero-order chi connectivity index (χ0) is 13.8. The third-order valence-corrected chi connectivity index (χ3v) is 4.25. The van der Waals surface area contributed by atoms with Gasteiger partial charge in [0.25, 0.3) is 0 Å². The van der Waals surface area contributed by atoms with E-state index in [0.29, 0.717) is 12.1 Å². The van der Waals surface area contributed by atoms with Crippen LogP contribution >= 0.6 is 11.3 Å². The number of anilines is 2. The lowest BCUT2D eigenvalue weighted by Crippen LogP contribution is -2.00. The molecule has 0 saturated carbocycles. The van der Waals surface area contributed by atoms with E-state index < -0.39 is 0 Å². The van der Waals surface area contributed by atoms with Gasteiger partial charge in [-0.1, -0.05) is 0 Å². The number of thiophene rings is 1. The highest BCUT2D eigenvalue weighted by molar-refractivity contribution is 7.12. The number of nitriles is 1. The molecule has 98 valence electrons. The highest BCUT2D eigenvalue weighted by atomic mass is 32.1. The summed E-state index contributed by atoms with van der Waals surface area (Å²) in [4.78, 5) is 2.67. The van der Waals surface area contributed by atoms with Crippen molar-refractivity contribution in [3.8, 4) is 6.07 Å². The van der Waals surface area contributed by atoms with Crippen LogP contribution < -0.4 is 11.1 Å². The van der Waals surface area contributed by atoms with Crippen LogP contribution in [0.5, 0.6) is 0 Å². The third kappa shape index (κ3) is 3.27. The molecule has 0 spiro atoms. The molecule has 0 fully saturated rings. The Morgan fingerprint density at radius 3 is 2.74 bits per heavy atom. The van der Waals surface area contributed by atoms with Crippen molar-refractivity contribution in [3.05, 3.63) is 45.1 Å². The fourth-order valence-corrected chi connectivity index (χ4v) is 2.87. The van der Waals surface area contributed by atoms with Crippen molar-refractivity contribution in [3.63, 3.8) is 0 Å². The second-order valence-corrected chi connectivity index (χ2v) is 5.89. The summed E-state index contributed by atoms with van der Waals surface area (Å²) in [6.45, 7) is 5.07. The second-order valence-electron chi connectivity index (χ2n) is 4.55. The maximum atomic E-state index is 8.75. The van der Waals surface area contributed by atoms with Gasteiger partial charge in [0.1, 0.15) is 0 Å². The largest absolute Gasteiger partial charge is 0.398 e. The Morgan fingerprint density at radius 1 is 1.32 bits per heavy atom. The molecule has 0 unspecified atom stereocenters. The van der Waals surface area contributed by atoms with Crippen LogP contribution in [0.2, 0.25) is 0 Å². The molecule has 1 aromatic heterocycles. The van der Waals surface area contributed by atoms with Gasteiger partial charge in [-0.15, -0.1) is 11.3 Å². The van der Waals surface area contributed by atoms with E-state index in [0.717, 1.165) is 17.8 Å². The van der Waals surface area contributed by atoms with Crippen molar-refractivity contribution in [1.29, 1.82) is 5.26 Å². The van der Waals surface area contributed by atoms with Crippen molar-refractivity contribution in [2.45, 2.75) is 26.8 Å². The summed E-state index contributed by atoms with van der Waals surface area (Å²) in [5, 5.41) is 12.1. The van der Waals surface area contributed by atoms with Crippen molar-refractivity contribution in [2.75, 3.05) is 11.1 Å². The minimum atomic E-state index is 0.346. The number of nitrogens with one attached hydrogen (secondary N) is 1. The van der Waals surface area contributed by atoms with E-state index in [1.807, 2.05) is 29.5 Å². The lowest BCUT2D eigenvalue weighted by molar-refractivity contribution is 1.18. The van der Waals surface area contributed by atoms with Crippen LogP contribution in [0.15, 0.2) is 24.3 Å². The van der Waals surface area contributed by atoms with Crippen LogP contribution in [-0.4, -0.2) is 0 Å². The maximum absolute atomic E-state index is 8.75. The van der Waals surface area contributed by atoms with Gasteiger partial charge >= 0.3 is 0 Å². The zero-order valence-corrected chi connectivity index (χ0v) is 12.0. The van der Waals surface area contributed by atoms with E-state index in [9.17, 15) is 0 Å². The Bertz CT molecular complexity index is 603. The number of nitrogen functional groups attached to an aromatic ring is 1. The number of nitrogens with two attached hydrogens (primary N) is 1. The van der Waals surface area contributed by atoms with Gasteiger partial charge in [-0.3, -0.25) is 0 Å². The number of hydrogen-bond acceptors (Lipinski definition) is 4. The summed E-state index contributed by atoms with van der Waals surface area (Å²) in [5.41, 5.74) is 9.73. The minimum absolute atomic E-state index is 0.346. The Balaban J connectivity index is 2.07. The predicted octanol–water partition coefficient (Wildman–Crippen LogP) is 3.63. The van der Waals surface area contributed by atoms with Gasteiger partial charge in [0.15, 0.2) is 0 Å². The number of rotatable bonds is 4. The summed E-state index contributed by atoms with van der Waals surface area (Å²) in [5.74, 6) is 0. The Hall–Kier alpha value is -1.99. The van der Waals surface area contributed by atoms with E-state index in [-0.39, 0.29) is 0 Å². The maximum Gasteiger partial charge on any atom is 0.0670 e.